The van der Waals surface area contributed by atoms with Crippen LogP contribution < -0.4 is 21.3 Å². The molecule has 0 radical (unpaired) electrons. The summed E-state index contributed by atoms with van der Waals surface area (Å²) in [6.07, 6.45) is 6.26. The van der Waals surface area contributed by atoms with Gasteiger partial charge < -0.3 is 21.3 Å². The van der Waals surface area contributed by atoms with E-state index in [4.69, 9.17) is 5.73 Å². The van der Waals surface area contributed by atoms with Gasteiger partial charge >= 0.3 is 0 Å². The molecule has 1 aromatic carbocycles. The van der Waals surface area contributed by atoms with Crippen molar-refractivity contribution in [3.8, 4) is 0 Å². The first-order valence-corrected chi connectivity index (χ1v) is 11.6. The molecule has 0 aliphatic carbocycles. The van der Waals surface area contributed by atoms with Crippen molar-refractivity contribution >= 4 is 34.9 Å². The SMILES string of the molecule is Nc1ccc(C2C=CSC2)cc1NC(=O)c1ccc(N2CCC3(CC2)CNC3)nc1. The number of benzene rings is 1. The van der Waals surface area contributed by atoms with Crippen molar-refractivity contribution in [3.63, 3.8) is 0 Å². The third-order valence-electron chi connectivity index (χ3n) is 6.59. The zero-order valence-corrected chi connectivity index (χ0v) is 17.8. The molecule has 4 N–H and O–H groups in total. The molecule has 7 heteroatoms. The van der Waals surface area contributed by atoms with Crippen molar-refractivity contribution in [2.75, 3.05) is 47.9 Å². The summed E-state index contributed by atoms with van der Waals surface area (Å²) in [6, 6.07) is 9.68. The minimum absolute atomic E-state index is 0.188. The van der Waals surface area contributed by atoms with E-state index in [2.05, 4.69) is 32.0 Å². The molecule has 3 aliphatic rings. The van der Waals surface area contributed by atoms with Gasteiger partial charge in [0.25, 0.3) is 5.91 Å². The Hall–Kier alpha value is -2.51. The van der Waals surface area contributed by atoms with Gasteiger partial charge in [0.15, 0.2) is 0 Å². The number of thioether (sulfide) groups is 1. The lowest BCUT2D eigenvalue weighted by Gasteiger charge is -2.48. The van der Waals surface area contributed by atoms with Gasteiger partial charge in [-0.15, -0.1) is 11.8 Å². The minimum atomic E-state index is -0.188. The lowest BCUT2D eigenvalue weighted by Crippen LogP contribution is -2.58. The van der Waals surface area contributed by atoms with E-state index < -0.39 is 0 Å². The highest BCUT2D eigenvalue weighted by atomic mass is 32.2. The number of pyridine rings is 1. The van der Waals surface area contributed by atoms with Crippen LogP contribution in [0.4, 0.5) is 17.2 Å². The van der Waals surface area contributed by atoms with Crippen molar-refractivity contribution in [3.05, 3.63) is 59.1 Å². The predicted molar refractivity (Wildman–Crippen MR) is 124 cm³/mol. The molecular weight excluding hydrogens is 394 g/mol. The van der Waals surface area contributed by atoms with Gasteiger partial charge in [0.1, 0.15) is 5.82 Å². The van der Waals surface area contributed by atoms with Crippen LogP contribution in [0.1, 0.15) is 34.7 Å². The van der Waals surface area contributed by atoms with Crippen LogP contribution in [0.5, 0.6) is 0 Å². The fraction of sp³-hybridized carbons (Fsp3) is 0.391. The van der Waals surface area contributed by atoms with Crippen LogP contribution in [0.3, 0.4) is 0 Å². The van der Waals surface area contributed by atoms with Gasteiger partial charge in [0.05, 0.1) is 16.9 Å². The number of hydrogen-bond acceptors (Lipinski definition) is 6. The Morgan fingerprint density at radius 2 is 2.07 bits per heavy atom. The molecule has 1 aromatic heterocycles. The van der Waals surface area contributed by atoms with Crippen molar-refractivity contribution < 1.29 is 4.79 Å². The van der Waals surface area contributed by atoms with E-state index in [1.807, 2.05) is 30.3 Å². The first-order valence-electron chi connectivity index (χ1n) is 10.5. The minimum Gasteiger partial charge on any atom is -0.397 e. The molecule has 2 fully saturated rings. The maximum absolute atomic E-state index is 12.8. The van der Waals surface area contributed by atoms with Gasteiger partial charge in [-0.1, -0.05) is 12.1 Å². The van der Waals surface area contributed by atoms with Gasteiger partial charge in [0.2, 0.25) is 0 Å². The predicted octanol–water partition coefficient (Wildman–Crippen LogP) is 3.45. The van der Waals surface area contributed by atoms with E-state index in [1.165, 1.54) is 18.4 Å². The van der Waals surface area contributed by atoms with Crippen LogP contribution in [-0.2, 0) is 0 Å². The fourth-order valence-electron chi connectivity index (χ4n) is 4.43. The average Bonchev–Trinajstić information content (AvgIpc) is 3.29. The first-order chi connectivity index (χ1) is 14.6. The summed E-state index contributed by atoms with van der Waals surface area (Å²) in [4.78, 5) is 19.7. The Morgan fingerprint density at radius 3 is 2.70 bits per heavy atom. The highest BCUT2D eigenvalue weighted by Crippen LogP contribution is 2.36. The van der Waals surface area contributed by atoms with Gasteiger partial charge in [0, 0.05) is 44.0 Å². The number of piperidine rings is 1. The van der Waals surface area contributed by atoms with Crippen LogP contribution in [0.25, 0.3) is 0 Å². The average molecular weight is 422 g/mol. The molecule has 1 amide bonds. The largest absolute Gasteiger partial charge is 0.397 e. The summed E-state index contributed by atoms with van der Waals surface area (Å²) >= 11 is 1.80. The van der Waals surface area contributed by atoms with Crippen LogP contribution in [0.2, 0.25) is 0 Å². The second-order valence-corrected chi connectivity index (χ2v) is 9.50. The number of amides is 1. The Morgan fingerprint density at radius 1 is 1.23 bits per heavy atom. The van der Waals surface area contributed by atoms with Gasteiger partial charge in [-0.25, -0.2) is 4.98 Å². The molecule has 1 atom stereocenters. The molecule has 6 nitrogen and oxygen atoms in total. The Labute approximate surface area is 181 Å². The Bertz CT molecular complexity index is 960. The number of anilines is 3. The number of nitrogen functional groups attached to an aromatic ring is 1. The number of hydrogen-bond donors (Lipinski definition) is 3. The number of nitrogens with zero attached hydrogens (tertiary/aromatic N) is 2. The summed E-state index contributed by atoms with van der Waals surface area (Å²) in [5.74, 6) is 2.15. The van der Waals surface area contributed by atoms with E-state index >= 15 is 0 Å². The van der Waals surface area contributed by atoms with Crippen LogP contribution in [-0.4, -0.2) is 42.8 Å². The molecule has 2 aromatic rings. The molecule has 1 unspecified atom stereocenters. The Kier molecular flexibility index (Phi) is 5.16. The van der Waals surface area contributed by atoms with E-state index in [0.717, 1.165) is 37.7 Å². The molecule has 1 spiro atoms. The van der Waals surface area contributed by atoms with Crippen molar-refractivity contribution in [1.29, 1.82) is 0 Å². The summed E-state index contributed by atoms with van der Waals surface area (Å²) < 4.78 is 0. The highest BCUT2D eigenvalue weighted by Gasteiger charge is 2.39. The zero-order chi connectivity index (χ0) is 20.6. The number of aromatic nitrogens is 1. The highest BCUT2D eigenvalue weighted by molar-refractivity contribution is 8.02. The van der Waals surface area contributed by atoms with E-state index in [1.54, 1.807) is 18.0 Å². The molecule has 0 bridgehead atoms. The standard InChI is InChI=1S/C23H27N5OS/c24-19-3-1-16(18-5-10-30-13-18)11-20(19)27-22(29)17-2-4-21(26-12-17)28-8-6-23(7-9-28)14-25-15-23/h1-5,10-12,18,25H,6-9,13-15,24H2,(H,27,29). The number of carbonyl (C=O) groups excluding carboxylic acids is 1. The third-order valence-corrected chi connectivity index (χ3v) is 7.50. The lowest BCUT2D eigenvalue weighted by atomic mass is 9.73. The number of allylic oxidation sites excluding steroid dienone is 1. The van der Waals surface area contributed by atoms with Gasteiger partial charge in [-0.3, -0.25) is 4.79 Å². The number of nitrogens with two attached hydrogens (primary N) is 1. The van der Waals surface area contributed by atoms with Crippen molar-refractivity contribution in [2.24, 2.45) is 5.41 Å². The summed E-state index contributed by atoms with van der Waals surface area (Å²) in [7, 11) is 0. The summed E-state index contributed by atoms with van der Waals surface area (Å²) in [6.45, 7) is 4.34. The second-order valence-electron chi connectivity index (χ2n) is 8.56. The van der Waals surface area contributed by atoms with Gasteiger partial charge in [-0.05, 0) is 53.5 Å². The van der Waals surface area contributed by atoms with Crippen LogP contribution in [0.15, 0.2) is 48.0 Å². The van der Waals surface area contributed by atoms with E-state index in [-0.39, 0.29) is 5.91 Å². The Balaban J connectivity index is 1.24. The normalized spacial score (nSPS) is 22.1. The molecule has 4 heterocycles. The number of carbonyl (C=O) groups is 1. The third kappa shape index (κ3) is 3.79. The van der Waals surface area contributed by atoms with Crippen molar-refractivity contribution in [2.45, 2.75) is 18.8 Å². The quantitative estimate of drug-likeness (QED) is 0.656. The van der Waals surface area contributed by atoms with Crippen molar-refractivity contribution in [1.82, 2.24) is 10.3 Å². The fourth-order valence-corrected chi connectivity index (χ4v) is 5.35. The van der Waals surface area contributed by atoms with Crippen LogP contribution >= 0.6 is 11.8 Å². The molecule has 156 valence electrons. The van der Waals surface area contributed by atoms with E-state index in [9.17, 15) is 4.79 Å². The maximum atomic E-state index is 12.8. The summed E-state index contributed by atoms with van der Waals surface area (Å²) in [5, 5.41) is 8.48. The summed E-state index contributed by atoms with van der Waals surface area (Å²) in [5.41, 5.74) is 9.55. The maximum Gasteiger partial charge on any atom is 0.257 e. The molecule has 30 heavy (non-hydrogen) atoms. The van der Waals surface area contributed by atoms with Gasteiger partial charge in [-0.2, -0.15) is 0 Å². The zero-order valence-electron chi connectivity index (χ0n) is 16.9. The topological polar surface area (TPSA) is 83.3 Å². The molecule has 3 aliphatic heterocycles. The monoisotopic (exact) mass is 421 g/mol. The molecule has 0 saturated carbocycles. The smallest absolute Gasteiger partial charge is 0.257 e. The van der Waals surface area contributed by atoms with E-state index in [0.29, 0.717) is 28.3 Å². The number of nitrogens with one attached hydrogen (secondary N) is 2. The number of rotatable bonds is 4. The lowest BCUT2D eigenvalue weighted by molar-refractivity contribution is 0.102. The van der Waals surface area contributed by atoms with Crippen LogP contribution in [0, 0.1) is 5.41 Å². The molecule has 5 rings (SSSR count). The molecule has 2 saturated heterocycles. The molecular formula is C23H27N5OS. The second kappa shape index (κ2) is 7.96. The first kappa shape index (κ1) is 19.5.